The van der Waals surface area contributed by atoms with Crippen LogP contribution >= 0.6 is 38.6 Å². The van der Waals surface area contributed by atoms with Crippen molar-refractivity contribution in [2.24, 2.45) is 0 Å². The van der Waals surface area contributed by atoms with Gasteiger partial charge < -0.3 is 10.1 Å². The van der Waals surface area contributed by atoms with Crippen molar-refractivity contribution in [2.75, 3.05) is 13.7 Å². The maximum atomic E-state index is 5.42. The first-order chi connectivity index (χ1) is 8.74. The second-order valence-electron chi connectivity index (χ2n) is 3.87. The van der Waals surface area contributed by atoms with Gasteiger partial charge in [0.1, 0.15) is 5.75 Å². The molecule has 18 heavy (non-hydrogen) atoms. The van der Waals surface area contributed by atoms with Crippen LogP contribution in [-0.4, -0.2) is 13.7 Å². The lowest BCUT2D eigenvalue weighted by molar-refractivity contribution is 0.403. The van der Waals surface area contributed by atoms with Crippen LogP contribution in [-0.2, 0) is 6.42 Å². The number of nitrogens with one attached hydrogen (secondary N) is 1. The molecule has 0 amide bonds. The van der Waals surface area contributed by atoms with Crippen molar-refractivity contribution in [2.45, 2.75) is 19.4 Å². The molecule has 1 unspecified atom stereocenters. The molecule has 2 aromatic rings. The highest BCUT2D eigenvalue weighted by molar-refractivity contribution is 9.11. The second-order valence-corrected chi connectivity index (χ2v) is 7.37. The standard InChI is InChI=1S/C13H16BrNOS2/c1-3-15-10(8-9-4-5-12(14)18-9)13-11(16-2)6-7-17-13/h4-7,10,15H,3,8H2,1-2H3. The van der Waals surface area contributed by atoms with Gasteiger partial charge in [0.25, 0.3) is 0 Å². The molecule has 0 aliphatic heterocycles. The summed E-state index contributed by atoms with van der Waals surface area (Å²) in [5.41, 5.74) is 0. The smallest absolute Gasteiger partial charge is 0.134 e. The summed E-state index contributed by atoms with van der Waals surface area (Å²) in [6.07, 6.45) is 1.00. The predicted molar refractivity (Wildman–Crippen MR) is 83.0 cm³/mol. The minimum Gasteiger partial charge on any atom is -0.496 e. The van der Waals surface area contributed by atoms with Crippen LogP contribution in [0.1, 0.15) is 22.7 Å². The zero-order valence-corrected chi connectivity index (χ0v) is 13.6. The van der Waals surface area contributed by atoms with Crippen LogP contribution in [0.3, 0.4) is 0 Å². The lowest BCUT2D eigenvalue weighted by atomic mass is 10.1. The lowest BCUT2D eigenvalue weighted by Gasteiger charge is -2.17. The number of likely N-dealkylation sites (N-methyl/N-ethyl adjacent to an activating group) is 1. The summed E-state index contributed by atoms with van der Waals surface area (Å²) in [6.45, 7) is 3.09. The molecule has 0 bridgehead atoms. The molecule has 0 fully saturated rings. The molecule has 1 atom stereocenters. The van der Waals surface area contributed by atoms with Gasteiger partial charge >= 0.3 is 0 Å². The number of thiophene rings is 2. The molecule has 1 N–H and O–H groups in total. The third-order valence-corrected chi connectivity index (χ3v) is 5.34. The largest absolute Gasteiger partial charge is 0.496 e. The zero-order chi connectivity index (χ0) is 13.0. The third-order valence-electron chi connectivity index (χ3n) is 2.68. The highest BCUT2D eigenvalue weighted by atomic mass is 79.9. The van der Waals surface area contributed by atoms with Crippen molar-refractivity contribution in [1.29, 1.82) is 0 Å². The fourth-order valence-electron chi connectivity index (χ4n) is 1.90. The Morgan fingerprint density at radius 2 is 2.22 bits per heavy atom. The fourth-order valence-corrected chi connectivity index (χ4v) is 4.36. The van der Waals surface area contributed by atoms with Gasteiger partial charge in [-0.25, -0.2) is 0 Å². The monoisotopic (exact) mass is 345 g/mol. The molecule has 0 saturated carbocycles. The minimum absolute atomic E-state index is 0.329. The maximum Gasteiger partial charge on any atom is 0.134 e. The lowest BCUT2D eigenvalue weighted by Crippen LogP contribution is -2.22. The predicted octanol–water partition coefficient (Wildman–Crippen LogP) is 4.47. The molecular formula is C13H16BrNOS2. The van der Waals surface area contributed by atoms with Crippen molar-refractivity contribution >= 4 is 38.6 Å². The van der Waals surface area contributed by atoms with Gasteiger partial charge in [0.15, 0.2) is 0 Å². The van der Waals surface area contributed by atoms with Gasteiger partial charge in [-0.1, -0.05) is 6.92 Å². The Balaban J connectivity index is 2.17. The van der Waals surface area contributed by atoms with E-state index in [1.54, 1.807) is 29.8 Å². The normalized spacial score (nSPS) is 12.6. The summed E-state index contributed by atoms with van der Waals surface area (Å²) in [4.78, 5) is 2.66. The van der Waals surface area contributed by atoms with E-state index in [1.165, 1.54) is 13.5 Å². The fraction of sp³-hybridized carbons (Fsp3) is 0.385. The molecule has 5 heteroatoms. The van der Waals surface area contributed by atoms with Gasteiger partial charge in [0, 0.05) is 11.3 Å². The summed E-state index contributed by atoms with van der Waals surface area (Å²) < 4.78 is 6.61. The Morgan fingerprint density at radius 1 is 1.39 bits per heavy atom. The van der Waals surface area contributed by atoms with Gasteiger partial charge in [-0.3, -0.25) is 0 Å². The summed E-state index contributed by atoms with van der Waals surface area (Å²) in [7, 11) is 1.73. The number of rotatable bonds is 6. The van der Waals surface area contributed by atoms with E-state index >= 15 is 0 Å². The van der Waals surface area contributed by atoms with Crippen LogP contribution in [0.15, 0.2) is 27.4 Å². The number of hydrogen-bond acceptors (Lipinski definition) is 4. The first kappa shape index (κ1) is 14.1. The van der Waals surface area contributed by atoms with E-state index < -0.39 is 0 Å². The first-order valence-corrected chi connectivity index (χ1v) is 8.32. The van der Waals surface area contributed by atoms with E-state index in [1.807, 2.05) is 6.07 Å². The highest BCUT2D eigenvalue weighted by Crippen LogP contribution is 2.34. The minimum atomic E-state index is 0.329. The van der Waals surface area contributed by atoms with Crippen molar-refractivity contribution in [3.05, 3.63) is 37.1 Å². The number of methoxy groups -OCH3 is 1. The topological polar surface area (TPSA) is 21.3 Å². The quantitative estimate of drug-likeness (QED) is 0.833. The van der Waals surface area contributed by atoms with Crippen molar-refractivity contribution in [3.8, 4) is 5.75 Å². The average molecular weight is 346 g/mol. The molecular weight excluding hydrogens is 330 g/mol. The Kier molecular flexibility index (Phi) is 5.24. The third kappa shape index (κ3) is 3.35. The summed E-state index contributed by atoms with van der Waals surface area (Å²) in [5, 5.41) is 5.63. The maximum absolute atomic E-state index is 5.42. The number of halogens is 1. The van der Waals surface area contributed by atoms with Crippen molar-refractivity contribution in [1.82, 2.24) is 5.32 Å². The molecule has 0 spiro atoms. The Morgan fingerprint density at radius 3 is 2.83 bits per heavy atom. The second kappa shape index (κ2) is 6.70. The summed E-state index contributed by atoms with van der Waals surface area (Å²) in [5.74, 6) is 0.988. The highest BCUT2D eigenvalue weighted by Gasteiger charge is 2.18. The summed E-state index contributed by atoms with van der Waals surface area (Å²) >= 11 is 7.06. The van der Waals surface area contributed by atoms with Gasteiger partial charge in [-0.15, -0.1) is 22.7 Å². The molecule has 0 aliphatic carbocycles. The molecule has 0 radical (unpaired) electrons. The molecule has 2 aromatic heterocycles. The van der Waals surface area contributed by atoms with E-state index in [0.717, 1.165) is 18.7 Å². The van der Waals surface area contributed by atoms with E-state index in [2.05, 4.69) is 45.7 Å². The van der Waals surface area contributed by atoms with Gasteiger partial charge in [0.2, 0.25) is 0 Å². The van der Waals surface area contributed by atoms with Crippen LogP contribution in [0.25, 0.3) is 0 Å². The molecule has 2 nitrogen and oxygen atoms in total. The van der Waals surface area contributed by atoms with E-state index in [0.29, 0.717) is 6.04 Å². The molecule has 0 aromatic carbocycles. The Hall–Kier alpha value is -0.360. The van der Waals surface area contributed by atoms with E-state index in [4.69, 9.17) is 4.74 Å². The van der Waals surface area contributed by atoms with Crippen LogP contribution in [0.4, 0.5) is 0 Å². The summed E-state index contributed by atoms with van der Waals surface area (Å²) in [6, 6.07) is 6.65. The molecule has 98 valence electrons. The number of ether oxygens (including phenoxy) is 1. The van der Waals surface area contributed by atoms with Crippen LogP contribution in [0, 0.1) is 0 Å². The first-order valence-electron chi connectivity index (χ1n) is 5.83. The zero-order valence-electron chi connectivity index (χ0n) is 10.4. The van der Waals surface area contributed by atoms with E-state index in [9.17, 15) is 0 Å². The Bertz CT molecular complexity index is 495. The Labute approximate surface area is 124 Å². The van der Waals surface area contributed by atoms with Gasteiger partial charge in [0.05, 0.1) is 21.8 Å². The van der Waals surface area contributed by atoms with E-state index in [-0.39, 0.29) is 0 Å². The van der Waals surface area contributed by atoms with Crippen LogP contribution in [0.2, 0.25) is 0 Å². The van der Waals surface area contributed by atoms with Crippen molar-refractivity contribution < 1.29 is 4.74 Å². The SMILES string of the molecule is CCNC(Cc1ccc(Br)s1)c1sccc1OC. The van der Waals surface area contributed by atoms with Gasteiger partial charge in [-0.2, -0.15) is 0 Å². The molecule has 0 aliphatic rings. The molecule has 2 rings (SSSR count). The molecule has 2 heterocycles. The number of hydrogen-bond donors (Lipinski definition) is 1. The average Bonchev–Trinajstić information content (AvgIpc) is 2.97. The van der Waals surface area contributed by atoms with Gasteiger partial charge in [-0.05, 0) is 46.1 Å². The molecule has 0 saturated heterocycles. The van der Waals surface area contributed by atoms with Crippen LogP contribution < -0.4 is 10.1 Å². The van der Waals surface area contributed by atoms with Crippen molar-refractivity contribution in [3.63, 3.8) is 0 Å². The van der Waals surface area contributed by atoms with Crippen LogP contribution in [0.5, 0.6) is 5.75 Å².